The van der Waals surface area contributed by atoms with Crippen LogP contribution in [0.1, 0.15) is 0 Å². The number of pyridine rings is 1. The molecule has 0 fully saturated rings. The highest BCUT2D eigenvalue weighted by atomic mass is 35.5. The van der Waals surface area contributed by atoms with Crippen molar-refractivity contribution in [3.05, 3.63) is 64.3 Å². The number of halogens is 2. The van der Waals surface area contributed by atoms with Gasteiger partial charge in [-0.05, 0) is 30.3 Å². The molecule has 7 nitrogen and oxygen atoms in total. The molecule has 11 heteroatoms. The SMILES string of the molecule is O=C(CSc1nnc(-c2cccnc2)n1-c1ccc(Cl)c(Cl)c1)Nc1nccs1. The molecule has 0 saturated heterocycles. The van der Waals surface area contributed by atoms with Crippen LogP contribution in [0.3, 0.4) is 0 Å². The average molecular weight is 463 g/mol. The van der Waals surface area contributed by atoms with E-state index >= 15 is 0 Å². The third-order valence-electron chi connectivity index (χ3n) is 3.73. The number of carbonyl (C=O) groups is 1. The first-order valence-corrected chi connectivity index (χ1v) is 10.9. The average Bonchev–Trinajstić information content (AvgIpc) is 3.39. The number of hydrogen-bond acceptors (Lipinski definition) is 7. The molecule has 1 amide bonds. The van der Waals surface area contributed by atoms with E-state index < -0.39 is 0 Å². The summed E-state index contributed by atoms with van der Waals surface area (Å²) in [5.74, 6) is 0.544. The lowest BCUT2D eigenvalue weighted by Gasteiger charge is -2.11. The first-order valence-electron chi connectivity index (χ1n) is 8.25. The van der Waals surface area contributed by atoms with Crippen LogP contribution in [-0.4, -0.2) is 36.4 Å². The number of nitrogens with zero attached hydrogens (tertiary/aromatic N) is 5. The Morgan fingerprint density at radius 3 is 2.79 bits per heavy atom. The summed E-state index contributed by atoms with van der Waals surface area (Å²) in [6.45, 7) is 0. The highest BCUT2D eigenvalue weighted by molar-refractivity contribution is 7.99. The molecule has 146 valence electrons. The minimum atomic E-state index is -0.184. The van der Waals surface area contributed by atoms with E-state index in [4.69, 9.17) is 23.2 Å². The molecule has 3 heterocycles. The molecule has 0 aliphatic heterocycles. The fourth-order valence-electron chi connectivity index (χ4n) is 2.47. The summed E-state index contributed by atoms with van der Waals surface area (Å²) >= 11 is 14.9. The molecule has 4 rings (SSSR count). The standard InChI is InChI=1S/C18H12Cl2N6OS2/c19-13-4-3-12(8-14(13)20)26-16(11-2-1-5-21-9-11)24-25-18(26)29-10-15(27)23-17-22-6-7-28-17/h1-9H,10H2,(H,22,23,27). The summed E-state index contributed by atoms with van der Waals surface area (Å²) in [7, 11) is 0. The number of anilines is 1. The van der Waals surface area contributed by atoms with Gasteiger partial charge in [0.15, 0.2) is 16.1 Å². The van der Waals surface area contributed by atoms with Gasteiger partial charge in [0, 0.05) is 29.5 Å². The third-order valence-corrected chi connectivity index (χ3v) is 6.08. The number of aromatic nitrogens is 5. The second-order valence-corrected chi connectivity index (χ2v) is 8.31. The van der Waals surface area contributed by atoms with Gasteiger partial charge in [-0.1, -0.05) is 35.0 Å². The van der Waals surface area contributed by atoms with E-state index in [1.807, 2.05) is 22.8 Å². The van der Waals surface area contributed by atoms with Gasteiger partial charge in [0.25, 0.3) is 0 Å². The second kappa shape index (κ2) is 8.91. The Morgan fingerprint density at radius 2 is 2.07 bits per heavy atom. The van der Waals surface area contributed by atoms with Gasteiger partial charge >= 0.3 is 0 Å². The Kier molecular flexibility index (Phi) is 6.10. The van der Waals surface area contributed by atoms with Gasteiger partial charge in [0.1, 0.15) is 0 Å². The minimum Gasteiger partial charge on any atom is -0.301 e. The van der Waals surface area contributed by atoms with Crippen LogP contribution in [0.15, 0.2) is 59.5 Å². The van der Waals surface area contributed by atoms with Crippen molar-refractivity contribution >= 4 is 57.3 Å². The smallest absolute Gasteiger partial charge is 0.236 e. The van der Waals surface area contributed by atoms with Gasteiger partial charge in [-0.25, -0.2) is 4.98 Å². The van der Waals surface area contributed by atoms with Crippen LogP contribution >= 0.6 is 46.3 Å². The number of thiazole rings is 1. The summed E-state index contributed by atoms with van der Waals surface area (Å²) in [5.41, 5.74) is 1.51. The van der Waals surface area contributed by atoms with E-state index in [0.717, 1.165) is 11.3 Å². The fraction of sp³-hybridized carbons (Fsp3) is 0.0556. The first-order chi connectivity index (χ1) is 14.1. The number of nitrogens with one attached hydrogen (secondary N) is 1. The lowest BCUT2D eigenvalue weighted by atomic mass is 10.2. The van der Waals surface area contributed by atoms with Gasteiger partial charge in [-0.3, -0.25) is 14.3 Å². The van der Waals surface area contributed by atoms with Crippen molar-refractivity contribution in [2.75, 3.05) is 11.1 Å². The largest absolute Gasteiger partial charge is 0.301 e. The Balaban J connectivity index is 1.65. The van der Waals surface area contributed by atoms with Crippen LogP contribution in [0.2, 0.25) is 10.0 Å². The van der Waals surface area contributed by atoms with Crippen molar-refractivity contribution in [3.8, 4) is 17.1 Å². The summed E-state index contributed by atoms with van der Waals surface area (Å²) in [5, 5.41) is 15.1. The predicted octanol–water partition coefficient (Wildman–Crippen LogP) is 4.82. The molecule has 0 radical (unpaired) electrons. The Bertz CT molecular complexity index is 1130. The zero-order valence-electron chi connectivity index (χ0n) is 14.6. The molecular formula is C18H12Cl2N6OS2. The summed E-state index contributed by atoms with van der Waals surface area (Å²) in [4.78, 5) is 20.4. The van der Waals surface area contributed by atoms with E-state index in [1.54, 1.807) is 36.1 Å². The number of rotatable bonds is 6. The van der Waals surface area contributed by atoms with Crippen LogP contribution in [0.4, 0.5) is 5.13 Å². The zero-order chi connectivity index (χ0) is 20.2. The van der Waals surface area contributed by atoms with Crippen LogP contribution in [0, 0.1) is 0 Å². The van der Waals surface area contributed by atoms with Crippen LogP contribution in [-0.2, 0) is 4.79 Å². The third kappa shape index (κ3) is 4.59. The summed E-state index contributed by atoms with van der Waals surface area (Å²) in [6.07, 6.45) is 5.01. The molecule has 0 unspecified atom stereocenters. The number of thioether (sulfide) groups is 1. The van der Waals surface area contributed by atoms with Crippen molar-refractivity contribution in [3.63, 3.8) is 0 Å². The minimum absolute atomic E-state index is 0.145. The molecule has 4 aromatic rings. The van der Waals surface area contributed by atoms with Gasteiger partial charge in [-0.15, -0.1) is 21.5 Å². The molecule has 3 aromatic heterocycles. The number of hydrogen-bond donors (Lipinski definition) is 1. The molecule has 0 bridgehead atoms. The highest BCUT2D eigenvalue weighted by Crippen LogP contribution is 2.31. The maximum absolute atomic E-state index is 12.2. The number of amides is 1. The van der Waals surface area contributed by atoms with Crippen molar-refractivity contribution in [1.29, 1.82) is 0 Å². The van der Waals surface area contributed by atoms with E-state index in [-0.39, 0.29) is 11.7 Å². The first kappa shape index (κ1) is 19.8. The van der Waals surface area contributed by atoms with Crippen molar-refractivity contribution < 1.29 is 4.79 Å². The molecule has 1 aromatic carbocycles. The quantitative estimate of drug-likeness (QED) is 0.413. The van der Waals surface area contributed by atoms with Gasteiger partial charge in [0.05, 0.1) is 21.5 Å². The summed E-state index contributed by atoms with van der Waals surface area (Å²) in [6, 6.07) is 8.95. The predicted molar refractivity (Wildman–Crippen MR) is 116 cm³/mol. The van der Waals surface area contributed by atoms with E-state index in [1.165, 1.54) is 23.1 Å². The van der Waals surface area contributed by atoms with Crippen molar-refractivity contribution in [2.24, 2.45) is 0 Å². The van der Waals surface area contributed by atoms with Crippen LogP contribution < -0.4 is 5.32 Å². The zero-order valence-corrected chi connectivity index (χ0v) is 17.8. The number of benzene rings is 1. The topological polar surface area (TPSA) is 85.6 Å². The number of carbonyl (C=O) groups excluding carboxylic acids is 1. The van der Waals surface area contributed by atoms with E-state index in [2.05, 4.69) is 25.5 Å². The highest BCUT2D eigenvalue weighted by Gasteiger charge is 2.18. The Morgan fingerprint density at radius 1 is 1.17 bits per heavy atom. The van der Waals surface area contributed by atoms with Crippen LogP contribution in [0.5, 0.6) is 0 Å². The molecular weight excluding hydrogens is 451 g/mol. The second-order valence-electron chi connectivity index (χ2n) is 5.66. The molecule has 0 atom stereocenters. The molecule has 1 N–H and O–H groups in total. The molecule has 0 aliphatic rings. The van der Waals surface area contributed by atoms with E-state index in [0.29, 0.717) is 26.2 Å². The lowest BCUT2D eigenvalue weighted by molar-refractivity contribution is -0.113. The summed E-state index contributed by atoms with van der Waals surface area (Å²) < 4.78 is 1.82. The lowest BCUT2D eigenvalue weighted by Crippen LogP contribution is -2.14. The van der Waals surface area contributed by atoms with Crippen molar-refractivity contribution in [1.82, 2.24) is 24.7 Å². The normalized spacial score (nSPS) is 10.8. The fourth-order valence-corrected chi connectivity index (χ4v) is 4.06. The van der Waals surface area contributed by atoms with Gasteiger partial charge < -0.3 is 5.32 Å². The molecule has 0 aliphatic carbocycles. The molecule has 0 saturated carbocycles. The van der Waals surface area contributed by atoms with Crippen molar-refractivity contribution in [2.45, 2.75) is 5.16 Å². The maximum atomic E-state index is 12.2. The van der Waals surface area contributed by atoms with Gasteiger partial charge in [-0.2, -0.15) is 0 Å². The monoisotopic (exact) mass is 462 g/mol. The van der Waals surface area contributed by atoms with E-state index in [9.17, 15) is 4.79 Å². The Hall–Kier alpha value is -2.46. The molecule has 29 heavy (non-hydrogen) atoms. The Labute approximate surface area is 184 Å². The molecule has 0 spiro atoms. The van der Waals surface area contributed by atoms with Gasteiger partial charge in [0.2, 0.25) is 5.91 Å². The van der Waals surface area contributed by atoms with Crippen LogP contribution in [0.25, 0.3) is 17.1 Å². The maximum Gasteiger partial charge on any atom is 0.236 e.